The molecule has 0 saturated carbocycles. The highest BCUT2D eigenvalue weighted by molar-refractivity contribution is 7.98. The Balaban J connectivity index is 1.57. The Morgan fingerprint density at radius 3 is 2.19 bits per heavy atom. The normalized spacial score (nSPS) is 15.0. The van der Waals surface area contributed by atoms with Gasteiger partial charge in [-0.15, -0.1) is 11.8 Å². The van der Waals surface area contributed by atoms with Gasteiger partial charge in [0.1, 0.15) is 0 Å². The highest BCUT2D eigenvalue weighted by Gasteiger charge is 2.22. The second-order valence-corrected chi connectivity index (χ2v) is 8.75. The molecule has 4 nitrogen and oxygen atoms in total. The summed E-state index contributed by atoms with van der Waals surface area (Å²) in [5.74, 6) is 0. The maximum Gasteiger partial charge on any atom is 0.321 e. The quantitative estimate of drug-likeness (QED) is 0.753. The molecule has 5 heteroatoms. The summed E-state index contributed by atoms with van der Waals surface area (Å²) in [5.41, 5.74) is 3.50. The van der Waals surface area contributed by atoms with Crippen LogP contribution < -0.4 is 10.2 Å². The van der Waals surface area contributed by atoms with Crippen molar-refractivity contribution in [2.75, 3.05) is 42.7 Å². The lowest BCUT2D eigenvalue weighted by atomic mass is 9.87. The third kappa shape index (κ3) is 4.78. The molecule has 2 amide bonds. The fourth-order valence-electron chi connectivity index (χ4n) is 3.30. The van der Waals surface area contributed by atoms with Crippen LogP contribution in [0.5, 0.6) is 0 Å². The van der Waals surface area contributed by atoms with Crippen LogP contribution >= 0.6 is 11.8 Å². The molecule has 27 heavy (non-hydrogen) atoms. The molecule has 0 atom stereocenters. The van der Waals surface area contributed by atoms with E-state index in [1.165, 1.54) is 16.1 Å². The number of para-hydroxylation sites is 1. The largest absolute Gasteiger partial charge is 0.367 e. The Kier molecular flexibility index (Phi) is 6.00. The Morgan fingerprint density at radius 1 is 0.963 bits per heavy atom. The molecule has 0 radical (unpaired) electrons. The Labute approximate surface area is 166 Å². The number of piperazine rings is 1. The van der Waals surface area contributed by atoms with Crippen molar-refractivity contribution < 1.29 is 4.79 Å². The summed E-state index contributed by atoms with van der Waals surface area (Å²) in [6, 6.07) is 16.6. The van der Waals surface area contributed by atoms with Crippen LogP contribution in [0.15, 0.2) is 53.4 Å². The minimum Gasteiger partial charge on any atom is -0.367 e. The SMILES string of the molecule is CSc1ccccc1N1CCN(C(=O)Nc2ccc(C(C)(C)C)cc2)CC1. The van der Waals surface area contributed by atoms with Gasteiger partial charge in [-0.2, -0.15) is 0 Å². The summed E-state index contributed by atoms with van der Waals surface area (Å²) in [6.07, 6.45) is 2.10. The van der Waals surface area contributed by atoms with Gasteiger partial charge in [0.05, 0.1) is 5.69 Å². The molecule has 1 aliphatic heterocycles. The van der Waals surface area contributed by atoms with Crippen LogP contribution in [0.1, 0.15) is 26.3 Å². The van der Waals surface area contributed by atoms with Crippen molar-refractivity contribution in [3.8, 4) is 0 Å². The molecule has 1 aliphatic rings. The number of carbonyl (C=O) groups is 1. The van der Waals surface area contributed by atoms with Gasteiger partial charge in [-0.25, -0.2) is 4.79 Å². The first-order chi connectivity index (χ1) is 12.9. The lowest BCUT2D eigenvalue weighted by molar-refractivity contribution is 0.208. The van der Waals surface area contributed by atoms with Gasteiger partial charge in [0.2, 0.25) is 0 Å². The van der Waals surface area contributed by atoms with Crippen LogP contribution in [0, 0.1) is 0 Å². The van der Waals surface area contributed by atoms with E-state index in [4.69, 9.17) is 0 Å². The third-order valence-corrected chi connectivity index (χ3v) is 5.78. The first kappa shape index (κ1) is 19.6. The van der Waals surface area contributed by atoms with E-state index >= 15 is 0 Å². The minimum absolute atomic E-state index is 0.0173. The van der Waals surface area contributed by atoms with Gasteiger partial charge in [0, 0.05) is 36.8 Å². The van der Waals surface area contributed by atoms with Gasteiger partial charge in [-0.05, 0) is 41.5 Å². The van der Waals surface area contributed by atoms with Crippen molar-refractivity contribution in [2.24, 2.45) is 0 Å². The highest BCUT2D eigenvalue weighted by atomic mass is 32.2. The summed E-state index contributed by atoms with van der Waals surface area (Å²) in [7, 11) is 0. The Hall–Kier alpha value is -2.14. The molecule has 0 aliphatic carbocycles. The molecule has 1 N–H and O–H groups in total. The number of nitrogens with one attached hydrogen (secondary N) is 1. The maximum absolute atomic E-state index is 12.6. The van der Waals surface area contributed by atoms with E-state index in [2.05, 4.69) is 73.6 Å². The smallest absolute Gasteiger partial charge is 0.321 e. The summed E-state index contributed by atoms with van der Waals surface area (Å²) in [4.78, 5) is 18.2. The van der Waals surface area contributed by atoms with E-state index in [1.807, 2.05) is 17.0 Å². The Morgan fingerprint density at radius 2 is 1.59 bits per heavy atom. The number of hydrogen-bond donors (Lipinski definition) is 1. The molecular weight excluding hydrogens is 354 g/mol. The van der Waals surface area contributed by atoms with Gasteiger partial charge in [0.25, 0.3) is 0 Å². The summed E-state index contributed by atoms with van der Waals surface area (Å²) in [6.45, 7) is 9.74. The van der Waals surface area contributed by atoms with Crippen LogP contribution in [0.4, 0.5) is 16.2 Å². The number of benzene rings is 2. The second kappa shape index (κ2) is 8.26. The van der Waals surface area contributed by atoms with E-state index in [0.29, 0.717) is 0 Å². The zero-order valence-electron chi connectivity index (χ0n) is 16.7. The first-order valence-electron chi connectivity index (χ1n) is 9.43. The van der Waals surface area contributed by atoms with Crippen molar-refractivity contribution in [3.63, 3.8) is 0 Å². The van der Waals surface area contributed by atoms with Crippen molar-refractivity contribution in [1.82, 2.24) is 4.90 Å². The third-order valence-electron chi connectivity index (χ3n) is 4.99. The van der Waals surface area contributed by atoms with Gasteiger partial charge in [-0.3, -0.25) is 0 Å². The van der Waals surface area contributed by atoms with Gasteiger partial charge in [0.15, 0.2) is 0 Å². The number of carbonyl (C=O) groups excluding carboxylic acids is 1. The van der Waals surface area contributed by atoms with Crippen LogP contribution in [-0.2, 0) is 5.41 Å². The van der Waals surface area contributed by atoms with E-state index in [9.17, 15) is 4.79 Å². The second-order valence-electron chi connectivity index (χ2n) is 7.90. The first-order valence-corrected chi connectivity index (χ1v) is 10.7. The molecule has 1 heterocycles. The van der Waals surface area contributed by atoms with Crippen molar-refractivity contribution in [3.05, 3.63) is 54.1 Å². The highest BCUT2D eigenvalue weighted by Crippen LogP contribution is 2.29. The van der Waals surface area contributed by atoms with Gasteiger partial charge >= 0.3 is 6.03 Å². The number of anilines is 2. The number of urea groups is 1. The zero-order chi connectivity index (χ0) is 19.4. The van der Waals surface area contributed by atoms with Crippen LogP contribution in [0.2, 0.25) is 0 Å². The molecule has 1 fully saturated rings. The number of rotatable bonds is 3. The van der Waals surface area contributed by atoms with Crippen LogP contribution in [0.25, 0.3) is 0 Å². The van der Waals surface area contributed by atoms with Crippen LogP contribution in [-0.4, -0.2) is 43.4 Å². The van der Waals surface area contributed by atoms with Crippen molar-refractivity contribution in [1.29, 1.82) is 0 Å². The molecular formula is C22H29N3OS. The van der Waals surface area contributed by atoms with Crippen LogP contribution in [0.3, 0.4) is 0 Å². The van der Waals surface area contributed by atoms with Crippen molar-refractivity contribution >= 4 is 29.2 Å². The van der Waals surface area contributed by atoms with Gasteiger partial charge < -0.3 is 15.1 Å². The monoisotopic (exact) mass is 383 g/mol. The number of amides is 2. The number of hydrogen-bond acceptors (Lipinski definition) is 3. The molecule has 2 aromatic carbocycles. The predicted molar refractivity (Wildman–Crippen MR) is 116 cm³/mol. The molecule has 3 rings (SSSR count). The summed E-state index contributed by atoms with van der Waals surface area (Å²) >= 11 is 1.77. The number of thioether (sulfide) groups is 1. The molecule has 0 aromatic heterocycles. The molecule has 2 aromatic rings. The van der Waals surface area contributed by atoms with E-state index in [0.717, 1.165) is 31.9 Å². The van der Waals surface area contributed by atoms with Gasteiger partial charge in [-0.1, -0.05) is 45.0 Å². The molecule has 1 saturated heterocycles. The zero-order valence-corrected chi connectivity index (χ0v) is 17.5. The Bertz CT molecular complexity index is 775. The maximum atomic E-state index is 12.6. The number of nitrogens with zero attached hydrogens (tertiary/aromatic N) is 2. The molecule has 144 valence electrons. The minimum atomic E-state index is -0.0173. The average molecular weight is 384 g/mol. The summed E-state index contributed by atoms with van der Waals surface area (Å²) < 4.78 is 0. The topological polar surface area (TPSA) is 35.6 Å². The van der Waals surface area contributed by atoms with E-state index < -0.39 is 0 Å². The molecule has 0 bridgehead atoms. The van der Waals surface area contributed by atoms with E-state index in [1.54, 1.807) is 11.8 Å². The van der Waals surface area contributed by atoms with E-state index in [-0.39, 0.29) is 11.4 Å². The molecule has 0 unspecified atom stereocenters. The average Bonchev–Trinajstić information content (AvgIpc) is 2.68. The standard InChI is InChI=1S/C22H29N3OS/c1-22(2,3)17-9-11-18(12-10-17)23-21(26)25-15-13-24(14-16-25)19-7-5-6-8-20(19)27-4/h5-12H,13-16H2,1-4H3,(H,23,26). The fraction of sp³-hybridized carbons (Fsp3) is 0.409. The fourth-order valence-corrected chi connectivity index (χ4v) is 3.92. The summed E-state index contributed by atoms with van der Waals surface area (Å²) in [5, 5.41) is 3.03. The molecule has 0 spiro atoms. The van der Waals surface area contributed by atoms with Crippen molar-refractivity contribution in [2.45, 2.75) is 31.1 Å². The predicted octanol–water partition coefficient (Wildman–Crippen LogP) is 5.06. The lowest BCUT2D eigenvalue weighted by Crippen LogP contribution is -2.50. The lowest BCUT2D eigenvalue weighted by Gasteiger charge is -2.36.